The molecule has 1 saturated heterocycles. The molecule has 0 bridgehead atoms. The first kappa shape index (κ1) is 18.6. The molecule has 0 saturated carbocycles. The molecular weight excluding hydrogens is 352 g/mol. The van der Waals surface area contributed by atoms with Crippen molar-refractivity contribution in [1.82, 2.24) is 10.3 Å². The van der Waals surface area contributed by atoms with Crippen molar-refractivity contribution < 1.29 is 14.3 Å². The minimum absolute atomic E-state index is 0.211. The number of aromatic nitrogens is 1. The van der Waals surface area contributed by atoms with E-state index in [2.05, 4.69) is 10.3 Å². The second-order valence-corrected chi connectivity index (χ2v) is 7.24. The summed E-state index contributed by atoms with van der Waals surface area (Å²) in [5.74, 6) is 0.513. The molecular formula is C23H26N2O3. The molecule has 2 heterocycles. The first-order chi connectivity index (χ1) is 13.7. The molecule has 28 heavy (non-hydrogen) atoms. The van der Waals surface area contributed by atoms with Gasteiger partial charge in [0.15, 0.2) is 0 Å². The molecule has 0 unspecified atom stereocenters. The zero-order valence-corrected chi connectivity index (χ0v) is 16.2. The van der Waals surface area contributed by atoms with Crippen LogP contribution in [0.1, 0.15) is 34.5 Å². The summed E-state index contributed by atoms with van der Waals surface area (Å²) < 4.78 is 11.8. The van der Waals surface area contributed by atoms with Crippen LogP contribution in [0.4, 0.5) is 0 Å². The molecule has 1 fully saturated rings. The summed E-state index contributed by atoms with van der Waals surface area (Å²) >= 11 is 0. The Bertz CT molecular complexity index is 943. The summed E-state index contributed by atoms with van der Waals surface area (Å²) in [4.78, 5) is 15.8. The number of hydrogen-bond donors (Lipinski definition) is 2. The Balaban J connectivity index is 1.48. The van der Waals surface area contributed by atoms with Gasteiger partial charge in [-0.1, -0.05) is 36.4 Å². The van der Waals surface area contributed by atoms with E-state index in [1.807, 2.05) is 55.5 Å². The molecule has 5 heteroatoms. The van der Waals surface area contributed by atoms with E-state index in [0.717, 1.165) is 53.7 Å². The van der Waals surface area contributed by atoms with E-state index in [1.54, 1.807) is 0 Å². The molecule has 3 aromatic rings. The molecule has 1 aliphatic rings. The third-order valence-corrected chi connectivity index (χ3v) is 5.29. The quantitative estimate of drug-likeness (QED) is 0.636. The Morgan fingerprint density at radius 1 is 1.07 bits per heavy atom. The number of hydrogen-bond acceptors (Lipinski definition) is 4. The van der Waals surface area contributed by atoms with Crippen molar-refractivity contribution in [2.75, 3.05) is 19.7 Å². The topological polar surface area (TPSA) is 63.4 Å². The number of carbonyl (C=O) groups excluding carboxylic acids is 1. The van der Waals surface area contributed by atoms with Gasteiger partial charge in [0.2, 0.25) is 0 Å². The lowest BCUT2D eigenvalue weighted by Gasteiger charge is -2.24. The molecule has 146 valence electrons. The summed E-state index contributed by atoms with van der Waals surface area (Å²) in [5, 5.41) is 4.32. The standard InChI is InChI=1S/C23H26N2O3/c1-16-21-19(8-5-9-20(21)28-18-10-13-24-14-11-18)25-22(16)23(26)27-15-12-17-6-3-2-4-7-17/h2-9,18,24-25H,10-15H2,1H3. The SMILES string of the molecule is Cc1c(C(=O)OCCc2ccccc2)[nH]c2cccc(OC3CCNCC3)c12. The van der Waals surface area contributed by atoms with Crippen molar-refractivity contribution in [3.63, 3.8) is 0 Å². The third kappa shape index (κ3) is 4.04. The average molecular weight is 378 g/mol. The first-order valence-corrected chi connectivity index (χ1v) is 9.92. The van der Waals surface area contributed by atoms with Crippen LogP contribution in [-0.4, -0.2) is 36.8 Å². The van der Waals surface area contributed by atoms with Crippen LogP contribution in [0.25, 0.3) is 10.9 Å². The number of aromatic amines is 1. The van der Waals surface area contributed by atoms with Crippen LogP contribution in [0.15, 0.2) is 48.5 Å². The molecule has 0 aliphatic carbocycles. The highest BCUT2D eigenvalue weighted by Gasteiger charge is 2.21. The summed E-state index contributed by atoms with van der Waals surface area (Å²) in [6, 6.07) is 15.9. The number of ether oxygens (including phenoxy) is 2. The van der Waals surface area contributed by atoms with E-state index in [0.29, 0.717) is 18.7 Å². The lowest BCUT2D eigenvalue weighted by Crippen LogP contribution is -2.34. The van der Waals surface area contributed by atoms with Gasteiger partial charge in [0.1, 0.15) is 17.5 Å². The fourth-order valence-corrected chi connectivity index (χ4v) is 3.75. The van der Waals surface area contributed by atoms with Gasteiger partial charge in [0.05, 0.1) is 12.1 Å². The Morgan fingerprint density at radius 3 is 2.64 bits per heavy atom. The lowest BCUT2D eigenvalue weighted by atomic mass is 10.1. The van der Waals surface area contributed by atoms with Crippen LogP contribution in [0, 0.1) is 6.92 Å². The summed E-state index contributed by atoms with van der Waals surface area (Å²) in [7, 11) is 0. The van der Waals surface area contributed by atoms with Crippen LogP contribution >= 0.6 is 0 Å². The molecule has 5 nitrogen and oxygen atoms in total. The minimum Gasteiger partial charge on any atom is -0.490 e. The fraction of sp³-hybridized carbons (Fsp3) is 0.348. The van der Waals surface area contributed by atoms with Crippen LogP contribution in [0.3, 0.4) is 0 Å². The number of nitrogens with one attached hydrogen (secondary N) is 2. The molecule has 0 atom stereocenters. The fourth-order valence-electron chi connectivity index (χ4n) is 3.75. The van der Waals surface area contributed by atoms with Crippen molar-refractivity contribution in [1.29, 1.82) is 0 Å². The van der Waals surface area contributed by atoms with E-state index in [9.17, 15) is 4.79 Å². The highest BCUT2D eigenvalue weighted by atomic mass is 16.5. The highest BCUT2D eigenvalue weighted by Crippen LogP contribution is 2.32. The average Bonchev–Trinajstić information content (AvgIpc) is 3.07. The first-order valence-electron chi connectivity index (χ1n) is 9.92. The van der Waals surface area contributed by atoms with Crippen molar-refractivity contribution in [3.8, 4) is 5.75 Å². The number of piperidine rings is 1. The monoisotopic (exact) mass is 378 g/mol. The van der Waals surface area contributed by atoms with E-state index >= 15 is 0 Å². The van der Waals surface area contributed by atoms with Gasteiger partial charge < -0.3 is 19.8 Å². The van der Waals surface area contributed by atoms with Crippen molar-refractivity contribution >= 4 is 16.9 Å². The lowest BCUT2D eigenvalue weighted by molar-refractivity contribution is 0.0502. The second kappa shape index (κ2) is 8.48. The zero-order chi connectivity index (χ0) is 19.3. The molecule has 1 aromatic heterocycles. The van der Waals surface area contributed by atoms with E-state index in [4.69, 9.17) is 9.47 Å². The number of benzene rings is 2. The second-order valence-electron chi connectivity index (χ2n) is 7.24. The van der Waals surface area contributed by atoms with Crippen LogP contribution < -0.4 is 10.1 Å². The summed E-state index contributed by atoms with van der Waals surface area (Å²) in [6.45, 7) is 4.26. The minimum atomic E-state index is -0.322. The van der Waals surface area contributed by atoms with E-state index in [-0.39, 0.29) is 12.1 Å². The molecule has 4 rings (SSSR count). The van der Waals surface area contributed by atoms with Crippen molar-refractivity contribution in [3.05, 3.63) is 65.4 Å². The number of esters is 1. The smallest absolute Gasteiger partial charge is 0.355 e. The molecule has 2 N–H and O–H groups in total. The highest BCUT2D eigenvalue weighted by molar-refractivity contribution is 6.00. The van der Waals surface area contributed by atoms with Gasteiger partial charge in [0, 0.05) is 11.8 Å². The molecule has 0 spiro atoms. The van der Waals surface area contributed by atoms with E-state index < -0.39 is 0 Å². The number of aryl methyl sites for hydroxylation is 1. The van der Waals surface area contributed by atoms with Crippen LogP contribution in [0.2, 0.25) is 0 Å². The van der Waals surface area contributed by atoms with Crippen molar-refractivity contribution in [2.24, 2.45) is 0 Å². The normalized spacial score (nSPS) is 14.9. The van der Waals surface area contributed by atoms with Crippen LogP contribution in [-0.2, 0) is 11.2 Å². The Kier molecular flexibility index (Phi) is 5.63. The van der Waals surface area contributed by atoms with Gasteiger partial charge in [0.25, 0.3) is 0 Å². The van der Waals surface area contributed by atoms with Gasteiger partial charge >= 0.3 is 5.97 Å². The maximum absolute atomic E-state index is 12.6. The molecule has 2 aromatic carbocycles. The Morgan fingerprint density at radius 2 is 1.86 bits per heavy atom. The predicted octanol–water partition coefficient (Wildman–Crippen LogP) is 4.01. The molecule has 0 amide bonds. The predicted molar refractivity (Wildman–Crippen MR) is 110 cm³/mol. The summed E-state index contributed by atoms with van der Waals surface area (Å²) in [6.07, 6.45) is 2.90. The van der Waals surface area contributed by atoms with Gasteiger partial charge in [-0.2, -0.15) is 0 Å². The maximum atomic E-state index is 12.6. The van der Waals surface area contributed by atoms with Gasteiger partial charge in [-0.05, 0) is 56.1 Å². The van der Waals surface area contributed by atoms with Crippen LogP contribution in [0.5, 0.6) is 5.75 Å². The van der Waals surface area contributed by atoms with Gasteiger partial charge in [-0.25, -0.2) is 4.79 Å². The largest absolute Gasteiger partial charge is 0.490 e. The Hall–Kier alpha value is -2.79. The summed E-state index contributed by atoms with van der Waals surface area (Å²) in [5.41, 5.74) is 3.44. The Labute approximate surface area is 165 Å². The molecule has 0 radical (unpaired) electrons. The van der Waals surface area contributed by atoms with E-state index in [1.165, 1.54) is 0 Å². The van der Waals surface area contributed by atoms with Gasteiger partial charge in [-0.3, -0.25) is 0 Å². The number of H-pyrrole nitrogens is 1. The number of carbonyl (C=O) groups is 1. The molecule has 1 aliphatic heterocycles. The van der Waals surface area contributed by atoms with Crippen molar-refractivity contribution in [2.45, 2.75) is 32.3 Å². The maximum Gasteiger partial charge on any atom is 0.355 e. The van der Waals surface area contributed by atoms with Gasteiger partial charge in [-0.15, -0.1) is 0 Å². The zero-order valence-electron chi connectivity index (χ0n) is 16.2. The number of rotatable bonds is 6. The third-order valence-electron chi connectivity index (χ3n) is 5.29. The number of fused-ring (bicyclic) bond motifs is 1.